The Labute approximate surface area is 165 Å². The van der Waals surface area contributed by atoms with E-state index in [0.29, 0.717) is 18.7 Å². The van der Waals surface area contributed by atoms with Crippen molar-refractivity contribution in [3.8, 4) is 11.3 Å². The number of piperidine rings is 1. The molecule has 148 valence electrons. The van der Waals surface area contributed by atoms with Crippen molar-refractivity contribution in [1.82, 2.24) is 9.88 Å². The largest absolute Gasteiger partial charge is 0.444 e. The Morgan fingerprint density at radius 3 is 2.50 bits per heavy atom. The zero-order valence-electron chi connectivity index (χ0n) is 16.6. The maximum absolute atomic E-state index is 12.4. The smallest absolute Gasteiger partial charge is 0.410 e. The normalized spacial score (nSPS) is 17.2. The number of nitrogens with zero attached hydrogens (tertiary/aromatic N) is 2. The topological polar surface area (TPSA) is 85.5 Å². The molecule has 2 N–H and O–H groups in total. The number of primary amides is 1. The predicted octanol–water partition coefficient (Wildman–Crippen LogP) is 3.96. The zero-order chi connectivity index (χ0) is 20.3. The fraction of sp³-hybridized carbons (Fsp3) is 0.409. The number of rotatable bonds is 3. The van der Waals surface area contributed by atoms with Gasteiger partial charge in [-0.15, -0.1) is 0 Å². The van der Waals surface area contributed by atoms with Crippen molar-refractivity contribution in [3.63, 3.8) is 0 Å². The first-order valence-electron chi connectivity index (χ1n) is 9.58. The van der Waals surface area contributed by atoms with Gasteiger partial charge in [0, 0.05) is 35.8 Å². The van der Waals surface area contributed by atoms with Crippen LogP contribution in [0.5, 0.6) is 0 Å². The highest BCUT2D eigenvalue weighted by Gasteiger charge is 2.29. The Balaban J connectivity index is 1.76. The molecule has 3 rings (SSSR count). The highest BCUT2D eigenvalue weighted by molar-refractivity contribution is 5.93. The molecule has 0 spiro atoms. The Morgan fingerprint density at radius 2 is 1.86 bits per heavy atom. The first-order chi connectivity index (χ1) is 13.2. The van der Waals surface area contributed by atoms with Crippen molar-refractivity contribution in [1.29, 1.82) is 0 Å². The molecule has 2 heterocycles. The molecule has 1 fully saturated rings. The van der Waals surface area contributed by atoms with Gasteiger partial charge in [0.1, 0.15) is 5.60 Å². The van der Waals surface area contributed by atoms with Gasteiger partial charge in [0.15, 0.2) is 0 Å². The standard InChI is InChI=1S/C22H27N3O3/c1-22(2,3)28-21(27)25-13-5-6-17(14-25)19-8-4-7-18(24-19)15-9-11-16(12-10-15)20(23)26/h4,7-12,17H,5-6,13-14H2,1-3H3,(H2,23,26). The van der Waals surface area contributed by atoms with Crippen LogP contribution in [0.15, 0.2) is 42.5 Å². The number of ether oxygens (including phenoxy) is 1. The number of hydrogen-bond donors (Lipinski definition) is 1. The molecule has 0 bridgehead atoms. The molecule has 28 heavy (non-hydrogen) atoms. The van der Waals surface area contributed by atoms with Gasteiger partial charge < -0.3 is 15.4 Å². The molecule has 0 radical (unpaired) electrons. The van der Waals surface area contributed by atoms with E-state index in [9.17, 15) is 9.59 Å². The number of carbonyl (C=O) groups excluding carboxylic acids is 2. The van der Waals surface area contributed by atoms with Gasteiger partial charge in [-0.25, -0.2) is 4.79 Å². The first kappa shape index (κ1) is 19.9. The number of nitrogens with two attached hydrogens (primary N) is 1. The molecule has 2 aromatic rings. The van der Waals surface area contributed by atoms with Gasteiger partial charge in [0.05, 0.1) is 5.69 Å². The Kier molecular flexibility index (Phi) is 5.68. The monoisotopic (exact) mass is 381 g/mol. The quantitative estimate of drug-likeness (QED) is 0.872. The van der Waals surface area contributed by atoms with E-state index in [1.165, 1.54) is 0 Å². The predicted molar refractivity (Wildman–Crippen MR) is 108 cm³/mol. The molecule has 1 aliphatic heterocycles. The summed E-state index contributed by atoms with van der Waals surface area (Å²) < 4.78 is 5.51. The minimum absolute atomic E-state index is 0.172. The van der Waals surface area contributed by atoms with Crippen molar-refractivity contribution in [3.05, 3.63) is 53.7 Å². The van der Waals surface area contributed by atoms with Crippen LogP contribution >= 0.6 is 0 Å². The summed E-state index contributed by atoms with van der Waals surface area (Å²) in [6.07, 6.45) is 1.63. The van der Waals surface area contributed by atoms with Crippen LogP contribution in [-0.2, 0) is 4.74 Å². The number of hydrogen-bond acceptors (Lipinski definition) is 4. The molecule has 1 saturated heterocycles. The fourth-order valence-electron chi connectivity index (χ4n) is 3.36. The van der Waals surface area contributed by atoms with Crippen molar-refractivity contribution >= 4 is 12.0 Å². The molecule has 6 nitrogen and oxygen atoms in total. The van der Waals surface area contributed by atoms with Crippen LogP contribution in [0.2, 0.25) is 0 Å². The fourth-order valence-corrected chi connectivity index (χ4v) is 3.36. The van der Waals surface area contributed by atoms with Crippen molar-refractivity contribution in [2.75, 3.05) is 13.1 Å². The van der Waals surface area contributed by atoms with E-state index in [1.54, 1.807) is 17.0 Å². The molecular formula is C22H27N3O3. The van der Waals surface area contributed by atoms with Gasteiger partial charge >= 0.3 is 6.09 Å². The summed E-state index contributed by atoms with van der Waals surface area (Å²) in [5, 5.41) is 0. The number of likely N-dealkylation sites (tertiary alicyclic amines) is 1. The highest BCUT2D eigenvalue weighted by atomic mass is 16.6. The molecule has 1 aliphatic rings. The number of aromatic nitrogens is 1. The van der Waals surface area contributed by atoms with Gasteiger partial charge in [-0.1, -0.05) is 18.2 Å². The lowest BCUT2D eigenvalue weighted by Gasteiger charge is -2.34. The summed E-state index contributed by atoms with van der Waals surface area (Å²) in [6.45, 7) is 6.94. The lowest BCUT2D eigenvalue weighted by atomic mass is 9.94. The Morgan fingerprint density at radius 1 is 1.14 bits per heavy atom. The maximum Gasteiger partial charge on any atom is 0.410 e. The molecule has 0 aliphatic carbocycles. The number of pyridine rings is 1. The lowest BCUT2D eigenvalue weighted by Crippen LogP contribution is -2.42. The van der Waals surface area contributed by atoms with Gasteiger partial charge in [-0.2, -0.15) is 0 Å². The molecule has 1 unspecified atom stereocenters. The SMILES string of the molecule is CC(C)(C)OC(=O)N1CCCC(c2cccc(-c3ccc(C(N)=O)cc3)n2)C1. The van der Waals surface area contributed by atoms with Crippen LogP contribution in [0, 0.1) is 0 Å². The van der Waals surface area contributed by atoms with E-state index in [0.717, 1.165) is 29.8 Å². The van der Waals surface area contributed by atoms with Gasteiger partial charge in [-0.05, 0) is 57.9 Å². The van der Waals surface area contributed by atoms with Crippen molar-refractivity contribution in [2.24, 2.45) is 5.73 Å². The number of carbonyl (C=O) groups is 2. The average molecular weight is 381 g/mol. The van der Waals surface area contributed by atoms with Gasteiger partial charge in [0.25, 0.3) is 0 Å². The molecule has 1 atom stereocenters. The summed E-state index contributed by atoms with van der Waals surface area (Å²) >= 11 is 0. The second-order valence-electron chi connectivity index (χ2n) is 8.15. The molecule has 1 aromatic carbocycles. The highest BCUT2D eigenvalue weighted by Crippen LogP contribution is 2.28. The summed E-state index contributed by atoms with van der Waals surface area (Å²) in [5.74, 6) is -0.274. The van der Waals surface area contributed by atoms with Gasteiger partial charge in [0.2, 0.25) is 5.91 Å². The Bertz CT molecular complexity index is 856. The van der Waals surface area contributed by atoms with Crippen LogP contribution in [0.4, 0.5) is 4.79 Å². The molecule has 6 heteroatoms. The minimum atomic E-state index is -0.501. The maximum atomic E-state index is 12.4. The lowest BCUT2D eigenvalue weighted by molar-refractivity contribution is 0.0197. The van der Waals surface area contributed by atoms with Crippen molar-refractivity contribution < 1.29 is 14.3 Å². The van der Waals surface area contributed by atoms with Crippen LogP contribution in [0.25, 0.3) is 11.3 Å². The third-order valence-corrected chi connectivity index (χ3v) is 4.73. The third-order valence-electron chi connectivity index (χ3n) is 4.73. The van der Waals surface area contributed by atoms with E-state index in [1.807, 2.05) is 51.1 Å². The van der Waals surface area contributed by atoms with Crippen LogP contribution < -0.4 is 5.73 Å². The summed E-state index contributed by atoms with van der Waals surface area (Å²) in [4.78, 5) is 30.2. The summed E-state index contributed by atoms with van der Waals surface area (Å²) in [6, 6.07) is 13.0. The summed E-state index contributed by atoms with van der Waals surface area (Å²) in [5.41, 5.74) is 8.00. The van der Waals surface area contributed by atoms with E-state index in [2.05, 4.69) is 0 Å². The van der Waals surface area contributed by atoms with Crippen LogP contribution in [0.1, 0.15) is 55.6 Å². The number of amides is 2. The molecule has 0 saturated carbocycles. The van der Waals surface area contributed by atoms with Gasteiger partial charge in [-0.3, -0.25) is 9.78 Å². The number of benzene rings is 1. The minimum Gasteiger partial charge on any atom is -0.444 e. The van der Waals surface area contributed by atoms with Crippen LogP contribution in [0.3, 0.4) is 0 Å². The van der Waals surface area contributed by atoms with Crippen molar-refractivity contribution in [2.45, 2.75) is 45.1 Å². The molecule has 2 amide bonds. The third kappa shape index (κ3) is 4.88. The summed E-state index contributed by atoms with van der Waals surface area (Å²) in [7, 11) is 0. The van der Waals surface area contributed by atoms with Crippen LogP contribution in [-0.4, -0.2) is 40.6 Å². The second kappa shape index (κ2) is 8.00. The van der Waals surface area contributed by atoms with E-state index in [-0.39, 0.29) is 12.0 Å². The first-order valence-corrected chi connectivity index (χ1v) is 9.58. The van der Waals surface area contributed by atoms with E-state index >= 15 is 0 Å². The second-order valence-corrected chi connectivity index (χ2v) is 8.15. The Hall–Kier alpha value is -2.89. The molecule has 1 aromatic heterocycles. The van der Waals surface area contributed by atoms with E-state index in [4.69, 9.17) is 15.5 Å². The van der Waals surface area contributed by atoms with E-state index < -0.39 is 11.5 Å². The molecular weight excluding hydrogens is 354 g/mol. The zero-order valence-corrected chi connectivity index (χ0v) is 16.6. The average Bonchev–Trinajstić information content (AvgIpc) is 2.67.